The van der Waals surface area contributed by atoms with Gasteiger partial charge >= 0.3 is 11.9 Å². The summed E-state index contributed by atoms with van der Waals surface area (Å²) in [6.07, 6.45) is 11.3. The van der Waals surface area contributed by atoms with Crippen molar-refractivity contribution in [1.82, 2.24) is 0 Å². The number of esters is 2. The maximum atomic E-state index is 11.9. The average molecular weight is 370 g/mol. The van der Waals surface area contributed by atoms with Crippen LogP contribution in [0.2, 0.25) is 0 Å². The van der Waals surface area contributed by atoms with Gasteiger partial charge in [-0.05, 0) is 18.4 Å². The molecule has 141 valence electrons. The number of rotatable bonds is 13. The number of benzene rings is 1. The number of nitrogens with two attached hydrogens (primary N) is 1. The Balaban J connectivity index is 0.00000625. The standard InChI is InChI=1S/C21H33NO3.Na/c1-2-3-4-5-6-7-8-9-13-16-20(23)25-21(24)19(22)17-18-14-11-10-12-15-18;/h10-12,14-15,19H,2-9,13,16-17,22H2,1H3;/t19-;/m0./s1. The fourth-order valence-corrected chi connectivity index (χ4v) is 2.77. The van der Waals surface area contributed by atoms with Crippen LogP contribution in [-0.2, 0) is 20.7 Å². The molecule has 0 aliphatic heterocycles. The van der Waals surface area contributed by atoms with Crippen molar-refractivity contribution in [2.75, 3.05) is 0 Å². The van der Waals surface area contributed by atoms with E-state index in [0.717, 1.165) is 24.8 Å². The number of ether oxygens (including phenoxy) is 1. The molecule has 1 rings (SSSR count). The van der Waals surface area contributed by atoms with E-state index in [4.69, 9.17) is 10.5 Å². The summed E-state index contributed by atoms with van der Waals surface area (Å²) < 4.78 is 4.85. The predicted molar refractivity (Wildman–Crippen MR) is 107 cm³/mol. The van der Waals surface area contributed by atoms with Crippen LogP contribution in [0.5, 0.6) is 0 Å². The van der Waals surface area contributed by atoms with Crippen molar-refractivity contribution < 1.29 is 14.3 Å². The minimum Gasteiger partial charge on any atom is -0.392 e. The molecule has 1 aromatic rings. The van der Waals surface area contributed by atoms with Crippen LogP contribution < -0.4 is 5.73 Å². The number of hydrogen-bond donors (Lipinski definition) is 1. The van der Waals surface area contributed by atoms with Crippen LogP contribution in [-0.4, -0.2) is 47.5 Å². The molecule has 1 aromatic carbocycles. The van der Waals surface area contributed by atoms with Crippen molar-refractivity contribution in [3.8, 4) is 0 Å². The third-order valence-corrected chi connectivity index (χ3v) is 4.30. The molecule has 2 N–H and O–H groups in total. The Labute approximate surface area is 180 Å². The first-order valence-corrected chi connectivity index (χ1v) is 9.67. The number of carbonyl (C=O) groups is 2. The summed E-state index contributed by atoms with van der Waals surface area (Å²) in [5.74, 6) is -1.10. The Morgan fingerprint density at radius 2 is 1.46 bits per heavy atom. The summed E-state index contributed by atoms with van der Waals surface area (Å²) in [5.41, 5.74) is 6.77. The van der Waals surface area contributed by atoms with Gasteiger partial charge in [-0.2, -0.15) is 0 Å². The predicted octanol–water partition coefficient (Wildman–Crippen LogP) is 4.17. The van der Waals surface area contributed by atoms with Gasteiger partial charge < -0.3 is 10.5 Å². The summed E-state index contributed by atoms with van der Waals surface area (Å²) in [6.45, 7) is 2.22. The molecule has 26 heavy (non-hydrogen) atoms. The zero-order chi connectivity index (χ0) is 18.3. The smallest absolute Gasteiger partial charge is 0.330 e. The van der Waals surface area contributed by atoms with Crippen molar-refractivity contribution in [2.24, 2.45) is 5.73 Å². The number of carbonyl (C=O) groups excluding carboxylic acids is 2. The van der Waals surface area contributed by atoms with Crippen molar-refractivity contribution in [1.29, 1.82) is 0 Å². The van der Waals surface area contributed by atoms with E-state index in [2.05, 4.69) is 6.92 Å². The van der Waals surface area contributed by atoms with E-state index >= 15 is 0 Å². The quantitative estimate of drug-likeness (QED) is 0.245. The SMILES string of the molecule is CCCCCCCCCCCC(=O)OC(=O)[C@@H](N)Cc1ccccc1.[Na]. The van der Waals surface area contributed by atoms with Gasteiger partial charge in [0.15, 0.2) is 0 Å². The van der Waals surface area contributed by atoms with E-state index in [1.54, 1.807) is 0 Å². The van der Waals surface area contributed by atoms with Crippen LogP contribution >= 0.6 is 0 Å². The molecule has 0 amide bonds. The van der Waals surface area contributed by atoms with Gasteiger partial charge in [-0.15, -0.1) is 0 Å². The summed E-state index contributed by atoms with van der Waals surface area (Å²) in [4.78, 5) is 23.6. The van der Waals surface area contributed by atoms with Crippen LogP contribution in [0.4, 0.5) is 0 Å². The van der Waals surface area contributed by atoms with Gasteiger partial charge in [0.05, 0.1) is 0 Å². The molecule has 0 heterocycles. The second kappa shape index (κ2) is 16.5. The molecule has 0 fully saturated rings. The Morgan fingerprint density at radius 1 is 0.923 bits per heavy atom. The average Bonchev–Trinajstić information content (AvgIpc) is 2.61. The van der Waals surface area contributed by atoms with Crippen molar-refractivity contribution >= 4 is 41.5 Å². The normalized spacial score (nSPS) is 11.5. The van der Waals surface area contributed by atoms with Crippen LogP contribution in [0, 0.1) is 0 Å². The minimum atomic E-state index is -0.797. The largest absolute Gasteiger partial charge is 0.392 e. The minimum absolute atomic E-state index is 0. The molecule has 0 spiro atoms. The molecule has 0 saturated carbocycles. The molecule has 0 unspecified atom stereocenters. The van der Waals surface area contributed by atoms with Gasteiger partial charge in [0.2, 0.25) is 0 Å². The van der Waals surface area contributed by atoms with Gasteiger partial charge in [0.1, 0.15) is 6.04 Å². The third-order valence-electron chi connectivity index (χ3n) is 4.30. The van der Waals surface area contributed by atoms with Crippen LogP contribution in [0.25, 0.3) is 0 Å². The third kappa shape index (κ3) is 12.6. The van der Waals surface area contributed by atoms with Gasteiger partial charge in [0, 0.05) is 36.0 Å². The Kier molecular flexibility index (Phi) is 16.1. The van der Waals surface area contributed by atoms with E-state index in [1.165, 1.54) is 38.5 Å². The van der Waals surface area contributed by atoms with E-state index in [1.807, 2.05) is 30.3 Å². The fourth-order valence-electron chi connectivity index (χ4n) is 2.77. The molecule has 0 saturated heterocycles. The van der Waals surface area contributed by atoms with Crippen molar-refractivity contribution in [3.63, 3.8) is 0 Å². The maximum absolute atomic E-state index is 11.9. The van der Waals surface area contributed by atoms with Gasteiger partial charge in [-0.3, -0.25) is 4.79 Å². The summed E-state index contributed by atoms with van der Waals surface area (Å²) in [5, 5.41) is 0. The topological polar surface area (TPSA) is 69.4 Å². The van der Waals surface area contributed by atoms with Gasteiger partial charge in [0.25, 0.3) is 0 Å². The molecule has 0 aliphatic carbocycles. The molecular formula is C21H33NNaO3. The molecular weight excluding hydrogens is 337 g/mol. The van der Waals surface area contributed by atoms with Gasteiger partial charge in [-0.1, -0.05) is 88.6 Å². The number of unbranched alkanes of at least 4 members (excludes halogenated alkanes) is 8. The second-order valence-electron chi connectivity index (χ2n) is 6.67. The second-order valence-corrected chi connectivity index (χ2v) is 6.67. The maximum Gasteiger partial charge on any atom is 0.330 e. The molecule has 5 heteroatoms. The van der Waals surface area contributed by atoms with Crippen LogP contribution in [0.1, 0.15) is 76.7 Å². The molecule has 0 aromatic heterocycles. The van der Waals surface area contributed by atoms with Crippen LogP contribution in [0.3, 0.4) is 0 Å². The zero-order valence-electron chi connectivity index (χ0n) is 16.5. The zero-order valence-corrected chi connectivity index (χ0v) is 18.5. The van der Waals surface area contributed by atoms with Crippen molar-refractivity contribution in [3.05, 3.63) is 35.9 Å². The van der Waals surface area contributed by atoms with Crippen LogP contribution in [0.15, 0.2) is 30.3 Å². The van der Waals surface area contributed by atoms with E-state index in [9.17, 15) is 9.59 Å². The van der Waals surface area contributed by atoms with Gasteiger partial charge in [-0.25, -0.2) is 4.79 Å². The Hall–Kier alpha value is -0.680. The first kappa shape index (κ1) is 25.3. The Bertz CT molecular complexity index is 493. The van der Waals surface area contributed by atoms with E-state index in [-0.39, 0.29) is 29.6 Å². The molecule has 1 radical (unpaired) electrons. The summed E-state index contributed by atoms with van der Waals surface area (Å²) in [7, 11) is 0. The Morgan fingerprint density at radius 3 is 2.04 bits per heavy atom. The van der Waals surface area contributed by atoms with E-state index < -0.39 is 18.0 Å². The molecule has 4 nitrogen and oxygen atoms in total. The first-order chi connectivity index (χ1) is 12.1. The van der Waals surface area contributed by atoms with E-state index in [0.29, 0.717) is 12.8 Å². The first-order valence-electron chi connectivity index (χ1n) is 9.67. The summed E-state index contributed by atoms with van der Waals surface area (Å²) >= 11 is 0. The fraction of sp³-hybridized carbons (Fsp3) is 0.619. The molecule has 0 bridgehead atoms. The monoisotopic (exact) mass is 370 g/mol. The molecule has 0 aliphatic rings. The number of hydrogen-bond acceptors (Lipinski definition) is 4. The van der Waals surface area contributed by atoms with Crippen molar-refractivity contribution in [2.45, 2.75) is 83.6 Å². The molecule has 1 atom stereocenters. The summed E-state index contributed by atoms with van der Waals surface area (Å²) in [6, 6.07) is 8.69.